The Labute approximate surface area is 97.9 Å². The van der Waals surface area contributed by atoms with Gasteiger partial charge in [-0.1, -0.05) is 0 Å². The van der Waals surface area contributed by atoms with Crippen molar-refractivity contribution in [2.45, 2.75) is 11.2 Å². The molecule has 76 valence electrons. The van der Waals surface area contributed by atoms with Crippen LogP contribution >= 0.6 is 15.9 Å². The average Bonchev–Trinajstić information content (AvgIpc) is 2.58. The molecule has 1 aliphatic rings. The molecule has 1 aromatic rings. The van der Waals surface area contributed by atoms with Crippen molar-refractivity contribution >= 4 is 35.3 Å². The molecular formula is C10H11BrO2Se. The van der Waals surface area contributed by atoms with Gasteiger partial charge in [0.1, 0.15) is 0 Å². The van der Waals surface area contributed by atoms with Crippen LogP contribution in [-0.4, -0.2) is 32.5 Å². The van der Waals surface area contributed by atoms with E-state index >= 15 is 0 Å². The van der Waals surface area contributed by atoms with Gasteiger partial charge in [-0.15, -0.1) is 0 Å². The van der Waals surface area contributed by atoms with E-state index in [-0.39, 0.29) is 5.75 Å². The molecule has 1 aromatic carbocycles. The number of fused-ring (bicyclic) bond motifs is 1. The van der Waals surface area contributed by atoms with Gasteiger partial charge in [-0.3, -0.25) is 0 Å². The molecule has 0 spiro atoms. The second-order valence-electron chi connectivity index (χ2n) is 3.23. The van der Waals surface area contributed by atoms with E-state index in [1.54, 1.807) is 7.11 Å². The summed E-state index contributed by atoms with van der Waals surface area (Å²) in [7, 11) is 1.59. The molecule has 0 saturated heterocycles. The predicted molar refractivity (Wildman–Crippen MR) is 61.3 cm³/mol. The summed E-state index contributed by atoms with van der Waals surface area (Å²) in [5, 5.41) is 10.7. The Hall–Kier alpha value is -0.181. The SMILES string of the molecule is COc1cc2c(cc1O)[Se]C(CBr)C2. The molecule has 1 unspecified atom stereocenters. The Morgan fingerprint density at radius 2 is 2.43 bits per heavy atom. The fraction of sp³-hybridized carbons (Fsp3) is 0.400. The first kappa shape index (κ1) is 10.3. The third-order valence-corrected chi connectivity index (χ3v) is 6.75. The molecule has 14 heavy (non-hydrogen) atoms. The van der Waals surface area contributed by atoms with Crippen molar-refractivity contribution in [3.8, 4) is 11.5 Å². The zero-order valence-electron chi connectivity index (χ0n) is 7.79. The van der Waals surface area contributed by atoms with E-state index in [1.807, 2.05) is 12.1 Å². The molecule has 0 radical (unpaired) electrons. The number of phenolic OH excluding ortho intramolecular Hbond substituents is 1. The summed E-state index contributed by atoms with van der Waals surface area (Å²) in [5.74, 6) is 0.859. The monoisotopic (exact) mass is 322 g/mol. The molecule has 0 bridgehead atoms. The van der Waals surface area contributed by atoms with Crippen molar-refractivity contribution in [2.24, 2.45) is 0 Å². The third-order valence-electron chi connectivity index (χ3n) is 2.28. The van der Waals surface area contributed by atoms with Gasteiger partial charge in [0.15, 0.2) is 0 Å². The van der Waals surface area contributed by atoms with Gasteiger partial charge in [0.05, 0.1) is 0 Å². The van der Waals surface area contributed by atoms with Gasteiger partial charge < -0.3 is 0 Å². The van der Waals surface area contributed by atoms with Crippen molar-refractivity contribution < 1.29 is 9.84 Å². The second kappa shape index (κ2) is 4.13. The van der Waals surface area contributed by atoms with Crippen molar-refractivity contribution in [3.63, 3.8) is 0 Å². The molecule has 4 heteroatoms. The van der Waals surface area contributed by atoms with Crippen LogP contribution in [0.15, 0.2) is 12.1 Å². The Balaban J connectivity index is 2.34. The molecule has 0 aromatic heterocycles. The molecular weight excluding hydrogens is 311 g/mol. The summed E-state index contributed by atoms with van der Waals surface area (Å²) in [4.78, 5) is 0.726. The summed E-state index contributed by atoms with van der Waals surface area (Å²) in [5.41, 5.74) is 1.34. The second-order valence-corrected chi connectivity index (χ2v) is 6.69. The van der Waals surface area contributed by atoms with Crippen LogP contribution in [0.3, 0.4) is 0 Å². The number of aromatic hydroxyl groups is 1. The summed E-state index contributed by atoms with van der Waals surface area (Å²) in [6.07, 6.45) is 1.11. The number of benzene rings is 1. The number of ether oxygens (including phenoxy) is 1. The Morgan fingerprint density at radius 1 is 1.64 bits per heavy atom. The van der Waals surface area contributed by atoms with Crippen molar-refractivity contribution in [1.82, 2.24) is 0 Å². The summed E-state index contributed by atoms with van der Waals surface area (Å²) >= 11 is 4.00. The van der Waals surface area contributed by atoms with E-state index in [9.17, 15) is 5.11 Å². The normalized spacial score (nSPS) is 19.4. The molecule has 0 aliphatic carbocycles. The molecule has 0 saturated carbocycles. The van der Waals surface area contributed by atoms with E-state index in [2.05, 4.69) is 15.9 Å². The number of alkyl halides is 1. The fourth-order valence-electron chi connectivity index (χ4n) is 1.58. The van der Waals surface area contributed by atoms with Crippen LogP contribution in [-0.2, 0) is 6.42 Å². The first-order valence-electron chi connectivity index (χ1n) is 4.37. The van der Waals surface area contributed by atoms with Gasteiger partial charge in [0, 0.05) is 0 Å². The molecule has 2 rings (SSSR count). The third kappa shape index (κ3) is 1.79. The van der Waals surface area contributed by atoms with E-state index in [0.29, 0.717) is 20.7 Å². The molecule has 1 aliphatic heterocycles. The molecule has 1 heterocycles. The number of hydrogen-bond acceptors (Lipinski definition) is 2. The van der Waals surface area contributed by atoms with E-state index in [1.165, 1.54) is 10.0 Å². The standard InChI is InChI=1S/C10H11BrO2Se/c1-13-9-3-6-2-7(5-11)14-10(6)4-8(9)12/h3-4,7,12H,2,5H2,1H3. The number of halogens is 1. The zero-order chi connectivity index (χ0) is 10.1. The summed E-state index contributed by atoms with van der Waals surface area (Å²) < 4.78 is 6.40. The van der Waals surface area contributed by atoms with Gasteiger partial charge >= 0.3 is 98.1 Å². The van der Waals surface area contributed by atoms with Gasteiger partial charge in [-0.25, -0.2) is 0 Å². The minimum absolute atomic E-state index is 0.267. The van der Waals surface area contributed by atoms with Gasteiger partial charge in [0.25, 0.3) is 0 Å². The Bertz CT molecular complexity index is 354. The molecule has 0 fully saturated rings. The van der Waals surface area contributed by atoms with E-state index in [4.69, 9.17) is 4.74 Å². The number of rotatable bonds is 2. The molecule has 0 amide bonds. The van der Waals surface area contributed by atoms with Gasteiger partial charge in [0.2, 0.25) is 0 Å². The van der Waals surface area contributed by atoms with Crippen LogP contribution in [0, 0.1) is 0 Å². The maximum atomic E-state index is 9.61. The van der Waals surface area contributed by atoms with Crippen molar-refractivity contribution in [3.05, 3.63) is 17.7 Å². The Morgan fingerprint density at radius 3 is 3.07 bits per heavy atom. The molecule has 2 nitrogen and oxygen atoms in total. The van der Waals surface area contributed by atoms with E-state index < -0.39 is 0 Å². The Kier molecular flexibility index (Phi) is 3.05. The minimum atomic E-state index is 0.267. The van der Waals surface area contributed by atoms with Crippen molar-refractivity contribution in [1.29, 1.82) is 0 Å². The van der Waals surface area contributed by atoms with Crippen LogP contribution < -0.4 is 9.20 Å². The summed E-state index contributed by atoms with van der Waals surface area (Å²) in [6, 6.07) is 3.83. The van der Waals surface area contributed by atoms with Crippen LogP contribution in [0.2, 0.25) is 4.82 Å². The van der Waals surface area contributed by atoms with Crippen molar-refractivity contribution in [2.75, 3.05) is 12.4 Å². The topological polar surface area (TPSA) is 29.5 Å². The first-order chi connectivity index (χ1) is 6.74. The van der Waals surface area contributed by atoms with Crippen LogP contribution in [0.4, 0.5) is 0 Å². The summed E-state index contributed by atoms with van der Waals surface area (Å²) in [6.45, 7) is 0. The average molecular weight is 322 g/mol. The molecule has 1 atom stereocenters. The maximum absolute atomic E-state index is 9.61. The van der Waals surface area contributed by atoms with Crippen LogP contribution in [0.1, 0.15) is 5.56 Å². The van der Waals surface area contributed by atoms with Crippen LogP contribution in [0.25, 0.3) is 0 Å². The van der Waals surface area contributed by atoms with E-state index in [0.717, 1.165) is 16.6 Å². The number of phenols is 1. The number of methoxy groups -OCH3 is 1. The van der Waals surface area contributed by atoms with Gasteiger partial charge in [-0.05, 0) is 0 Å². The number of hydrogen-bond donors (Lipinski definition) is 1. The molecule has 1 N–H and O–H groups in total. The van der Waals surface area contributed by atoms with Gasteiger partial charge in [-0.2, -0.15) is 0 Å². The fourth-order valence-corrected chi connectivity index (χ4v) is 4.92. The quantitative estimate of drug-likeness (QED) is 0.660. The zero-order valence-corrected chi connectivity index (χ0v) is 11.1. The first-order valence-corrected chi connectivity index (χ1v) is 7.33. The predicted octanol–water partition coefficient (Wildman–Crippen LogP) is 1.47. The van der Waals surface area contributed by atoms with Crippen LogP contribution in [0.5, 0.6) is 11.5 Å².